The van der Waals surface area contributed by atoms with Crippen molar-refractivity contribution in [2.24, 2.45) is 0 Å². The van der Waals surface area contributed by atoms with Crippen molar-refractivity contribution in [3.05, 3.63) is 60.2 Å². The van der Waals surface area contributed by atoms with Crippen molar-refractivity contribution in [3.8, 4) is 0 Å². The van der Waals surface area contributed by atoms with E-state index in [1.165, 1.54) is 11.1 Å². The number of nitrogens with zero attached hydrogens (tertiary/aromatic N) is 4. The smallest absolute Gasteiger partial charge is 0.135 e. The lowest BCUT2D eigenvalue weighted by Gasteiger charge is -2.53. The maximum atomic E-state index is 11.9. The van der Waals surface area contributed by atoms with Gasteiger partial charge in [0, 0.05) is 83.1 Å². The molecule has 0 amide bonds. The van der Waals surface area contributed by atoms with E-state index in [2.05, 4.69) is 44.0 Å². The van der Waals surface area contributed by atoms with Crippen molar-refractivity contribution in [1.82, 2.24) is 19.8 Å². The van der Waals surface area contributed by atoms with Gasteiger partial charge in [-0.15, -0.1) is 0 Å². The van der Waals surface area contributed by atoms with E-state index >= 15 is 0 Å². The fraction of sp³-hybridized carbons (Fsp3) is 0.455. The van der Waals surface area contributed by atoms with E-state index in [0.717, 1.165) is 32.6 Å². The number of hydrogen-bond donors (Lipinski definition) is 0. The van der Waals surface area contributed by atoms with E-state index in [1.54, 1.807) is 0 Å². The monoisotopic (exact) mass is 378 g/mol. The van der Waals surface area contributed by atoms with Gasteiger partial charge in [-0.05, 0) is 35.4 Å². The molecular weight excluding hydrogens is 352 g/mol. The quantitative estimate of drug-likeness (QED) is 0.795. The van der Waals surface area contributed by atoms with Crippen LogP contribution < -0.4 is 0 Å². The second kappa shape index (κ2) is 8.29. The fourth-order valence-electron chi connectivity index (χ4n) is 4.55. The standard InChI is InChI=1S/C22H26N4O2/c27-20-5-13-25(14-6-20)22(19-3-11-24-12-4-19,17-18-1-9-23-10-2-18)26-15-7-21(28)8-16-26/h1-4,9-12H,5-8,13-17H2. The van der Waals surface area contributed by atoms with Crippen LogP contribution in [0.15, 0.2) is 49.1 Å². The molecule has 0 bridgehead atoms. The van der Waals surface area contributed by atoms with Crippen LogP contribution in [0.1, 0.15) is 36.8 Å². The Balaban J connectivity index is 1.80. The zero-order valence-electron chi connectivity index (χ0n) is 16.1. The van der Waals surface area contributed by atoms with E-state index in [1.807, 2.05) is 24.8 Å². The fourth-order valence-corrected chi connectivity index (χ4v) is 4.55. The number of aromatic nitrogens is 2. The normalized spacial score (nSPS) is 19.7. The van der Waals surface area contributed by atoms with Crippen LogP contribution >= 0.6 is 0 Å². The number of piperidine rings is 2. The molecule has 0 N–H and O–H groups in total. The summed E-state index contributed by atoms with van der Waals surface area (Å²) in [6.07, 6.45) is 10.4. The number of rotatable bonds is 5. The SMILES string of the molecule is O=C1CCN(C(Cc2ccncc2)(c2ccncc2)N2CCC(=O)CC2)CC1. The molecule has 6 heteroatoms. The molecule has 2 aromatic rings. The van der Waals surface area contributed by atoms with E-state index < -0.39 is 5.66 Å². The summed E-state index contributed by atoms with van der Waals surface area (Å²) in [6, 6.07) is 8.27. The third kappa shape index (κ3) is 3.75. The summed E-state index contributed by atoms with van der Waals surface area (Å²) in [6.45, 7) is 2.93. The number of carbonyl (C=O) groups is 2. The maximum absolute atomic E-state index is 11.9. The molecule has 2 saturated heterocycles. The van der Waals surface area contributed by atoms with Gasteiger partial charge < -0.3 is 0 Å². The molecule has 0 aliphatic carbocycles. The number of pyridine rings is 2. The van der Waals surface area contributed by atoms with Gasteiger partial charge in [0.25, 0.3) is 0 Å². The summed E-state index contributed by atoms with van der Waals surface area (Å²) in [4.78, 5) is 37.2. The molecule has 0 aromatic carbocycles. The van der Waals surface area contributed by atoms with Gasteiger partial charge >= 0.3 is 0 Å². The second-order valence-electron chi connectivity index (χ2n) is 7.64. The molecule has 4 rings (SSSR count). The minimum atomic E-state index is -0.397. The Morgan fingerprint density at radius 1 is 0.714 bits per heavy atom. The summed E-state index contributed by atoms with van der Waals surface area (Å²) in [5.41, 5.74) is 1.97. The van der Waals surface area contributed by atoms with Crippen molar-refractivity contribution >= 4 is 11.6 Å². The molecule has 4 heterocycles. The first-order chi connectivity index (χ1) is 13.7. The summed E-state index contributed by atoms with van der Waals surface area (Å²) in [7, 11) is 0. The average molecular weight is 378 g/mol. The predicted molar refractivity (Wildman–Crippen MR) is 105 cm³/mol. The molecule has 0 unspecified atom stereocenters. The molecule has 2 aromatic heterocycles. The number of hydrogen-bond acceptors (Lipinski definition) is 6. The lowest BCUT2D eigenvalue weighted by Crippen LogP contribution is -2.62. The topological polar surface area (TPSA) is 66.4 Å². The third-order valence-corrected chi connectivity index (χ3v) is 6.03. The highest BCUT2D eigenvalue weighted by molar-refractivity contribution is 5.80. The number of likely N-dealkylation sites (tertiary alicyclic amines) is 2. The van der Waals surface area contributed by atoms with Crippen molar-refractivity contribution in [2.75, 3.05) is 26.2 Å². The highest BCUT2D eigenvalue weighted by atomic mass is 16.1. The Morgan fingerprint density at radius 2 is 1.14 bits per heavy atom. The van der Waals surface area contributed by atoms with Gasteiger partial charge in [-0.25, -0.2) is 0 Å². The largest absolute Gasteiger partial charge is 0.300 e. The van der Waals surface area contributed by atoms with Crippen LogP contribution in [0.25, 0.3) is 0 Å². The number of Topliss-reactive ketones (excluding diaryl/α,β-unsaturated/α-hetero) is 2. The van der Waals surface area contributed by atoms with Gasteiger partial charge in [-0.3, -0.25) is 29.4 Å². The lowest BCUT2D eigenvalue weighted by molar-refractivity contribution is -0.134. The van der Waals surface area contributed by atoms with Crippen molar-refractivity contribution in [1.29, 1.82) is 0 Å². The molecular formula is C22H26N4O2. The van der Waals surface area contributed by atoms with Crippen molar-refractivity contribution in [2.45, 2.75) is 37.8 Å². The minimum Gasteiger partial charge on any atom is -0.300 e. The van der Waals surface area contributed by atoms with Crippen LogP contribution in [-0.2, 0) is 21.7 Å². The van der Waals surface area contributed by atoms with Crippen molar-refractivity contribution in [3.63, 3.8) is 0 Å². The minimum absolute atomic E-state index is 0.331. The van der Waals surface area contributed by atoms with Gasteiger partial charge in [0.05, 0.1) is 0 Å². The molecule has 2 aliphatic heterocycles. The lowest BCUT2D eigenvalue weighted by atomic mass is 9.86. The highest BCUT2D eigenvalue weighted by Crippen LogP contribution is 2.39. The Labute approximate surface area is 165 Å². The predicted octanol–water partition coefficient (Wildman–Crippen LogP) is 2.20. The molecule has 0 spiro atoms. The van der Waals surface area contributed by atoms with E-state index in [0.29, 0.717) is 37.2 Å². The second-order valence-corrected chi connectivity index (χ2v) is 7.64. The molecule has 0 atom stereocenters. The molecule has 146 valence electrons. The maximum Gasteiger partial charge on any atom is 0.135 e. The van der Waals surface area contributed by atoms with Crippen LogP contribution in [0.5, 0.6) is 0 Å². The summed E-state index contributed by atoms with van der Waals surface area (Å²) >= 11 is 0. The molecule has 0 saturated carbocycles. The summed E-state index contributed by atoms with van der Waals surface area (Å²) < 4.78 is 0. The van der Waals surface area contributed by atoms with Crippen LogP contribution in [0, 0.1) is 0 Å². The molecule has 0 radical (unpaired) electrons. The van der Waals surface area contributed by atoms with E-state index in [9.17, 15) is 9.59 Å². The highest BCUT2D eigenvalue weighted by Gasteiger charge is 2.45. The van der Waals surface area contributed by atoms with Gasteiger partial charge in [-0.1, -0.05) is 0 Å². The molecule has 2 fully saturated rings. The first kappa shape index (κ1) is 18.9. The Bertz CT molecular complexity index is 777. The first-order valence-electron chi connectivity index (χ1n) is 10.0. The van der Waals surface area contributed by atoms with Crippen LogP contribution in [-0.4, -0.2) is 57.5 Å². The van der Waals surface area contributed by atoms with Crippen LogP contribution in [0.2, 0.25) is 0 Å². The first-order valence-corrected chi connectivity index (χ1v) is 10.0. The Kier molecular flexibility index (Phi) is 5.59. The number of ketones is 2. The van der Waals surface area contributed by atoms with Gasteiger partial charge in [-0.2, -0.15) is 0 Å². The van der Waals surface area contributed by atoms with Gasteiger partial charge in [0.1, 0.15) is 17.2 Å². The van der Waals surface area contributed by atoms with Crippen LogP contribution in [0.4, 0.5) is 0 Å². The van der Waals surface area contributed by atoms with Gasteiger partial charge in [0.2, 0.25) is 0 Å². The van der Waals surface area contributed by atoms with Crippen molar-refractivity contribution < 1.29 is 9.59 Å². The zero-order valence-corrected chi connectivity index (χ0v) is 16.1. The average Bonchev–Trinajstić information content (AvgIpc) is 2.75. The third-order valence-electron chi connectivity index (χ3n) is 6.03. The molecule has 6 nitrogen and oxygen atoms in total. The van der Waals surface area contributed by atoms with E-state index in [4.69, 9.17) is 0 Å². The Morgan fingerprint density at radius 3 is 1.61 bits per heavy atom. The van der Waals surface area contributed by atoms with E-state index in [-0.39, 0.29) is 0 Å². The number of carbonyl (C=O) groups excluding carboxylic acids is 2. The molecule has 28 heavy (non-hydrogen) atoms. The van der Waals surface area contributed by atoms with Crippen LogP contribution in [0.3, 0.4) is 0 Å². The van der Waals surface area contributed by atoms with Gasteiger partial charge in [0.15, 0.2) is 0 Å². The summed E-state index contributed by atoms with van der Waals surface area (Å²) in [5, 5.41) is 0. The Hall–Kier alpha value is -2.44. The zero-order chi connectivity index (χ0) is 19.4. The molecule has 2 aliphatic rings. The summed E-state index contributed by atoms with van der Waals surface area (Å²) in [5.74, 6) is 0.662.